The van der Waals surface area contributed by atoms with Crippen molar-refractivity contribution in [3.8, 4) is 5.75 Å². The van der Waals surface area contributed by atoms with Gasteiger partial charge < -0.3 is 18.9 Å². The molecule has 124 valence electrons. The van der Waals surface area contributed by atoms with E-state index in [1.165, 1.54) is 7.11 Å². The molecule has 0 spiro atoms. The van der Waals surface area contributed by atoms with Crippen LogP contribution in [-0.4, -0.2) is 45.1 Å². The summed E-state index contributed by atoms with van der Waals surface area (Å²) in [6, 6.07) is 6.81. The van der Waals surface area contributed by atoms with Crippen LogP contribution in [0.5, 0.6) is 5.75 Å². The Labute approximate surface area is 132 Å². The Hall–Kier alpha value is -1.59. The summed E-state index contributed by atoms with van der Waals surface area (Å²) in [6.07, 6.45) is 0.970. The standard InChI is InChI=1S/C17H26O5/c1-5-17(2,3)22-13-11-20-10-12-21-15-8-6-14(7-9-15)16(18)19-4/h6-9H,5,10-13H2,1-4H3. The number of carbonyl (C=O) groups excluding carboxylic acids is 1. The van der Waals surface area contributed by atoms with Gasteiger partial charge >= 0.3 is 5.97 Å². The highest BCUT2D eigenvalue weighted by Crippen LogP contribution is 2.13. The number of methoxy groups -OCH3 is 1. The van der Waals surface area contributed by atoms with Crippen LogP contribution in [0.25, 0.3) is 0 Å². The van der Waals surface area contributed by atoms with Crippen molar-refractivity contribution in [2.45, 2.75) is 32.8 Å². The molecule has 1 aromatic rings. The van der Waals surface area contributed by atoms with Gasteiger partial charge in [0.15, 0.2) is 0 Å². The van der Waals surface area contributed by atoms with Gasteiger partial charge in [0.05, 0.1) is 38.1 Å². The zero-order valence-electron chi connectivity index (χ0n) is 13.9. The molecule has 0 aliphatic heterocycles. The average Bonchev–Trinajstić information content (AvgIpc) is 2.53. The molecule has 0 saturated carbocycles. The van der Waals surface area contributed by atoms with Crippen molar-refractivity contribution in [3.05, 3.63) is 29.8 Å². The Bertz CT molecular complexity index is 439. The molecule has 1 rings (SSSR count). The zero-order valence-corrected chi connectivity index (χ0v) is 13.9. The van der Waals surface area contributed by atoms with Crippen LogP contribution in [0.2, 0.25) is 0 Å². The molecule has 0 N–H and O–H groups in total. The van der Waals surface area contributed by atoms with Crippen LogP contribution in [0.1, 0.15) is 37.6 Å². The number of carbonyl (C=O) groups is 1. The fourth-order valence-corrected chi connectivity index (χ4v) is 1.60. The molecule has 0 radical (unpaired) electrons. The summed E-state index contributed by atoms with van der Waals surface area (Å²) in [6.45, 7) is 8.30. The zero-order chi connectivity index (χ0) is 16.4. The van der Waals surface area contributed by atoms with Crippen molar-refractivity contribution in [2.75, 3.05) is 33.5 Å². The second kappa shape index (κ2) is 9.43. The quantitative estimate of drug-likeness (QED) is 0.491. The first-order valence-electron chi connectivity index (χ1n) is 7.51. The Morgan fingerprint density at radius 3 is 2.27 bits per heavy atom. The van der Waals surface area contributed by atoms with E-state index in [0.29, 0.717) is 37.7 Å². The SMILES string of the molecule is CCC(C)(C)OCCOCCOc1ccc(C(=O)OC)cc1. The van der Waals surface area contributed by atoms with Crippen LogP contribution in [0.3, 0.4) is 0 Å². The van der Waals surface area contributed by atoms with Crippen molar-refractivity contribution < 1.29 is 23.7 Å². The van der Waals surface area contributed by atoms with Crippen molar-refractivity contribution >= 4 is 5.97 Å². The maximum absolute atomic E-state index is 11.3. The lowest BCUT2D eigenvalue weighted by atomic mass is 10.1. The van der Waals surface area contributed by atoms with Gasteiger partial charge in [-0.2, -0.15) is 0 Å². The summed E-state index contributed by atoms with van der Waals surface area (Å²) in [5.74, 6) is 0.338. The first kappa shape index (κ1) is 18.5. The fourth-order valence-electron chi connectivity index (χ4n) is 1.60. The van der Waals surface area contributed by atoms with Gasteiger partial charge in [0.1, 0.15) is 12.4 Å². The van der Waals surface area contributed by atoms with E-state index in [4.69, 9.17) is 14.2 Å². The van der Waals surface area contributed by atoms with Crippen molar-refractivity contribution in [3.63, 3.8) is 0 Å². The third-order valence-electron chi connectivity index (χ3n) is 3.34. The summed E-state index contributed by atoms with van der Waals surface area (Å²) in [5.41, 5.74) is 0.406. The lowest BCUT2D eigenvalue weighted by molar-refractivity contribution is -0.0498. The number of ether oxygens (including phenoxy) is 4. The normalized spacial score (nSPS) is 11.3. The average molecular weight is 310 g/mol. The Morgan fingerprint density at radius 2 is 1.68 bits per heavy atom. The Balaban J connectivity index is 2.13. The second-order valence-electron chi connectivity index (χ2n) is 5.44. The summed E-state index contributed by atoms with van der Waals surface area (Å²) >= 11 is 0. The van der Waals surface area contributed by atoms with Crippen LogP contribution in [0.15, 0.2) is 24.3 Å². The Morgan fingerprint density at radius 1 is 1.05 bits per heavy atom. The highest BCUT2D eigenvalue weighted by atomic mass is 16.6. The van der Waals surface area contributed by atoms with E-state index >= 15 is 0 Å². The molecule has 0 aliphatic carbocycles. The molecule has 0 saturated heterocycles. The molecule has 1 aromatic carbocycles. The lowest BCUT2D eigenvalue weighted by Gasteiger charge is -2.23. The first-order chi connectivity index (χ1) is 10.5. The third kappa shape index (κ3) is 6.91. The molecule has 0 bridgehead atoms. The molecule has 5 heteroatoms. The van der Waals surface area contributed by atoms with Crippen molar-refractivity contribution in [2.24, 2.45) is 0 Å². The molecule has 0 amide bonds. The number of esters is 1. The number of hydrogen-bond acceptors (Lipinski definition) is 5. The molecule has 0 aliphatic rings. The largest absolute Gasteiger partial charge is 0.491 e. The van der Waals surface area contributed by atoms with E-state index in [1.54, 1.807) is 24.3 Å². The number of rotatable bonds is 10. The van der Waals surface area contributed by atoms with E-state index in [-0.39, 0.29) is 11.6 Å². The maximum Gasteiger partial charge on any atom is 0.337 e. The maximum atomic E-state index is 11.3. The molecule has 0 unspecified atom stereocenters. The van der Waals surface area contributed by atoms with E-state index in [1.807, 2.05) is 0 Å². The van der Waals surface area contributed by atoms with E-state index in [9.17, 15) is 4.79 Å². The van der Waals surface area contributed by atoms with Gasteiger partial charge in [-0.25, -0.2) is 4.79 Å². The fraction of sp³-hybridized carbons (Fsp3) is 0.588. The number of hydrogen-bond donors (Lipinski definition) is 0. The predicted molar refractivity (Wildman–Crippen MR) is 84.4 cm³/mol. The molecule has 0 aromatic heterocycles. The van der Waals surface area contributed by atoms with Crippen LogP contribution < -0.4 is 4.74 Å². The topological polar surface area (TPSA) is 54.0 Å². The lowest BCUT2D eigenvalue weighted by Crippen LogP contribution is -2.25. The number of benzene rings is 1. The van der Waals surface area contributed by atoms with Crippen molar-refractivity contribution in [1.29, 1.82) is 0 Å². The minimum absolute atomic E-state index is 0.0960. The van der Waals surface area contributed by atoms with Gasteiger partial charge in [-0.3, -0.25) is 0 Å². The molecule has 22 heavy (non-hydrogen) atoms. The minimum Gasteiger partial charge on any atom is -0.491 e. The van der Waals surface area contributed by atoms with Gasteiger partial charge in [-0.15, -0.1) is 0 Å². The molecule has 0 heterocycles. The highest BCUT2D eigenvalue weighted by Gasteiger charge is 2.14. The summed E-state index contributed by atoms with van der Waals surface area (Å²) in [4.78, 5) is 11.3. The van der Waals surface area contributed by atoms with Gasteiger partial charge in [-0.05, 0) is 44.5 Å². The summed E-state index contributed by atoms with van der Waals surface area (Å²) < 4.78 is 21.3. The predicted octanol–water partition coefficient (Wildman–Crippen LogP) is 3.07. The van der Waals surface area contributed by atoms with Crippen molar-refractivity contribution in [1.82, 2.24) is 0 Å². The van der Waals surface area contributed by atoms with Gasteiger partial charge in [-0.1, -0.05) is 6.92 Å². The van der Waals surface area contributed by atoms with Crippen LogP contribution in [-0.2, 0) is 14.2 Å². The van der Waals surface area contributed by atoms with Gasteiger partial charge in [0.25, 0.3) is 0 Å². The Kier molecular flexibility index (Phi) is 7.91. The van der Waals surface area contributed by atoms with E-state index in [2.05, 4.69) is 25.5 Å². The monoisotopic (exact) mass is 310 g/mol. The van der Waals surface area contributed by atoms with Gasteiger partial charge in [0.2, 0.25) is 0 Å². The minimum atomic E-state index is -0.357. The third-order valence-corrected chi connectivity index (χ3v) is 3.34. The van der Waals surface area contributed by atoms with Gasteiger partial charge in [0, 0.05) is 0 Å². The molecule has 5 nitrogen and oxygen atoms in total. The molecule has 0 atom stereocenters. The second-order valence-corrected chi connectivity index (χ2v) is 5.44. The smallest absolute Gasteiger partial charge is 0.337 e. The summed E-state index contributed by atoms with van der Waals surface area (Å²) in [7, 11) is 1.36. The summed E-state index contributed by atoms with van der Waals surface area (Å²) in [5, 5.41) is 0. The first-order valence-corrected chi connectivity index (χ1v) is 7.51. The van der Waals surface area contributed by atoms with Crippen LogP contribution in [0, 0.1) is 0 Å². The van der Waals surface area contributed by atoms with Crippen LogP contribution in [0.4, 0.5) is 0 Å². The highest BCUT2D eigenvalue weighted by molar-refractivity contribution is 5.89. The van der Waals surface area contributed by atoms with E-state index < -0.39 is 0 Å². The molecule has 0 fully saturated rings. The molecular formula is C17H26O5. The molecular weight excluding hydrogens is 284 g/mol. The van der Waals surface area contributed by atoms with E-state index in [0.717, 1.165) is 6.42 Å². The van der Waals surface area contributed by atoms with Crippen LogP contribution >= 0.6 is 0 Å².